The molecule has 0 unspecified atom stereocenters. The van der Waals surface area contributed by atoms with Gasteiger partial charge < -0.3 is 4.52 Å². The van der Waals surface area contributed by atoms with Gasteiger partial charge in [0, 0.05) is 12.1 Å². The van der Waals surface area contributed by atoms with Gasteiger partial charge in [0.1, 0.15) is 5.82 Å². The Labute approximate surface area is 188 Å². The Morgan fingerprint density at radius 1 is 1.00 bits per heavy atom. The number of thiophene rings is 1. The fourth-order valence-corrected chi connectivity index (χ4v) is 4.72. The number of rotatable bonds is 7. The van der Waals surface area contributed by atoms with Crippen LogP contribution in [0.5, 0.6) is 0 Å². The molecule has 0 radical (unpaired) electrons. The van der Waals surface area contributed by atoms with E-state index in [1.165, 1.54) is 22.9 Å². The van der Waals surface area contributed by atoms with E-state index >= 15 is 0 Å². The Kier molecular flexibility index (Phi) is 5.64. The summed E-state index contributed by atoms with van der Waals surface area (Å²) in [6.45, 7) is 2.09. The molecule has 31 heavy (non-hydrogen) atoms. The third-order valence-electron chi connectivity index (χ3n) is 4.70. The van der Waals surface area contributed by atoms with Crippen molar-refractivity contribution in [3.63, 3.8) is 0 Å². The second-order valence-electron chi connectivity index (χ2n) is 7.01. The monoisotopic (exact) mass is 445 g/mol. The Balaban J connectivity index is 1.43. The highest BCUT2D eigenvalue weighted by Crippen LogP contribution is 2.28. The number of hydrogen-bond acceptors (Lipinski definition) is 7. The van der Waals surface area contributed by atoms with Crippen LogP contribution in [-0.4, -0.2) is 24.9 Å². The van der Waals surface area contributed by atoms with Crippen molar-refractivity contribution >= 4 is 23.1 Å². The molecular weight excluding hydrogens is 426 g/mol. The van der Waals surface area contributed by atoms with Crippen molar-refractivity contribution in [1.82, 2.24) is 24.9 Å². The molecular formula is C23H19N5OS2. The normalized spacial score (nSPS) is 11.1. The van der Waals surface area contributed by atoms with E-state index in [2.05, 4.69) is 68.2 Å². The molecule has 3 heterocycles. The van der Waals surface area contributed by atoms with Crippen LogP contribution in [0.3, 0.4) is 0 Å². The molecule has 8 heteroatoms. The van der Waals surface area contributed by atoms with Crippen LogP contribution in [0.4, 0.5) is 0 Å². The molecule has 0 bridgehead atoms. The molecule has 0 spiro atoms. The number of nitrogens with zero attached hydrogens (tertiary/aromatic N) is 5. The van der Waals surface area contributed by atoms with Gasteiger partial charge in [-0.1, -0.05) is 65.4 Å². The van der Waals surface area contributed by atoms with Crippen molar-refractivity contribution in [2.24, 2.45) is 0 Å². The van der Waals surface area contributed by atoms with E-state index in [9.17, 15) is 0 Å². The van der Waals surface area contributed by atoms with E-state index in [4.69, 9.17) is 4.52 Å². The van der Waals surface area contributed by atoms with Crippen LogP contribution in [-0.2, 0) is 12.2 Å². The lowest BCUT2D eigenvalue weighted by atomic mass is 10.1. The van der Waals surface area contributed by atoms with Gasteiger partial charge in [0.15, 0.2) is 5.16 Å². The van der Waals surface area contributed by atoms with Gasteiger partial charge in [0.05, 0.1) is 10.6 Å². The molecule has 0 fully saturated rings. The zero-order valence-electron chi connectivity index (χ0n) is 16.8. The number of thioether (sulfide) groups is 1. The van der Waals surface area contributed by atoms with Gasteiger partial charge in [-0.05, 0) is 41.6 Å². The molecule has 0 atom stereocenters. The second kappa shape index (κ2) is 8.87. The van der Waals surface area contributed by atoms with E-state index in [1.807, 2.05) is 35.7 Å². The summed E-state index contributed by atoms with van der Waals surface area (Å²) in [5.74, 6) is 2.60. The van der Waals surface area contributed by atoms with Gasteiger partial charge in [-0.3, -0.25) is 4.57 Å². The molecule has 6 nitrogen and oxygen atoms in total. The van der Waals surface area contributed by atoms with Gasteiger partial charge in [0.2, 0.25) is 11.7 Å². The van der Waals surface area contributed by atoms with Crippen LogP contribution < -0.4 is 0 Å². The van der Waals surface area contributed by atoms with Gasteiger partial charge in [0.25, 0.3) is 0 Å². The van der Waals surface area contributed by atoms with Gasteiger partial charge in [-0.25, -0.2) is 0 Å². The molecule has 0 aliphatic carbocycles. The highest BCUT2D eigenvalue weighted by Gasteiger charge is 2.17. The first kappa shape index (κ1) is 19.7. The maximum absolute atomic E-state index is 5.44. The fourth-order valence-electron chi connectivity index (χ4n) is 3.26. The molecule has 2 aromatic carbocycles. The van der Waals surface area contributed by atoms with Crippen LogP contribution in [0.2, 0.25) is 0 Å². The van der Waals surface area contributed by atoms with Crippen molar-refractivity contribution < 1.29 is 4.52 Å². The summed E-state index contributed by atoms with van der Waals surface area (Å²) >= 11 is 3.13. The fraction of sp³-hybridized carbons (Fsp3) is 0.130. The molecule has 0 saturated heterocycles. The minimum Gasteiger partial charge on any atom is -0.338 e. The summed E-state index contributed by atoms with van der Waals surface area (Å²) in [5, 5.41) is 15.9. The first-order chi connectivity index (χ1) is 15.3. The molecule has 5 aromatic rings. The standard InChI is InChI=1S/C23H19N5OS2/c1-16-7-5-10-18(13-16)28-20(14-17-8-3-2-4-9-17)25-26-23(28)31-15-21-24-22(27-29-21)19-11-6-12-30-19/h2-13H,14-15H2,1H3. The average molecular weight is 446 g/mol. The van der Waals surface area contributed by atoms with E-state index < -0.39 is 0 Å². The lowest BCUT2D eigenvalue weighted by molar-refractivity contribution is 0.391. The van der Waals surface area contributed by atoms with Crippen LogP contribution in [0.1, 0.15) is 22.8 Å². The van der Waals surface area contributed by atoms with Crippen LogP contribution in [0.25, 0.3) is 16.4 Å². The highest BCUT2D eigenvalue weighted by molar-refractivity contribution is 7.98. The zero-order chi connectivity index (χ0) is 21.0. The van der Waals surface area contributed by atoms with E-state index in [-0.39, 0.29) is 0 Å². The number of aryl methyl sites for hydroxylation is 1. The first-order valence-corrected chi connectivity index (χ1v) is 11.7. The highest BCUT2D eigenvalue weighted by atomic mass is 32.2. The quantitative estimate of drug-likeness (QED) is 0.305. The molecule has 3 aromatic heterocycles. The van der Waals surface area contributed by atoms with E-state index in [0.717, 1.165) is 21.5 Å². The number of aromatic nitrogens is 5. The molecule has 0 N–H and O–H groups in total. The third kappa shape index (κ3) is 4.45. The minimum atomic E-state index is 0.521. The molecule has 0 aliphatic rings. The molecule has 0 saturated carbocycles. The maximum atomic E-state index is 5.44. The number of benzene rings is 2. The van der Waals surface area contributed by atoms with E-state index in [1.54, 1.807) is 11.3 Å². The van der Waals surface area contributed by atoms with Gasteiger partial charge in [-0.15, -0.1) is 21.5 Å². The predicted octanol–water partition coefficient (Wildman–Crippen LogP) is 5.57. The zero-order valence-corrected chi connectivity index (χ0v) is 18.4. The van der Waals surface area contributed by atoms with E-state index in [0.29, 0.717) is 23.9 Å². The Hall–Kier alpha value is -3.23. The van der Waals surface area contributed by atoms with Gasteiger partial charge >= 0.3 is 0 Å². The summed E-state index contributed by atoms with van der Waals surface area (Å²) in [6, 6.07) is 22.6. The van der Waals surface area contributed by atoms with Gasteiger partial charge in [-0.2, -0.15) is 4.98 Å². The predicted molar refractivity (Wildman–Crippen MR) is 123 cm³/mol. The Morgan fingerprint density at radius 2 is 1.90 bits per heavy atom. The van der Waals surface area contributed by atoms with Crippen LogP contribution in [0.15, 0.2) is 81.8 Å². The smallest absolute Gasteiger partial charge is 0.237 e. The summed E-state index contributed by atoms with van der Waals surface area (Å²) in [4.78, 5) is 5.51. The Bertz CT molecular complexity index is 1280. The van der Waals surface area contributed by atoms with Crippen molar-refractivity contribution in [3.05, 3.63) is 95.0 Å². The van der Waals surface area contributed by atoms with Crippen molar-refractivity contribution in [2.45, 2.75) is 24.3 Å². The lowest BCUT2D eigenvalue weighted by Crippen LogP contribution is -2.04. The Morgan fingerprint density at radius 3 is 2.71 bits per heavy atom. The van der Waals surface area contributed by atoms with Crippen LogP contribution in [0, 0.1) is 6.92 Å². The maximum Gasteiger partial charge on any atom is 0.237 e. The summed E-state index contributed by atoms with van der Waals surface area (Å²) in [6.07, 6.45) is 0.700. The SMILES string of the molecule is Cc1cccc(-n2c(Cc3ccccc3)nnc2SCc2nc(-c3cccs3)no2)c1. The molecule has 0 aliphatic heterocycles. The third-order valence-corrected chi connectivity index (χ3v) is 6.48. The molecule has 5 rings (SSSR count). The lowest BCUT2D eigenvalue weighted by Gasteiger charge is -2.10. The van der Waals surface area contributed by atoms with Crippen molar-refractivity contribution in [2.75, 3.05) is 0 Å². The largest absolute Gasteiger partial charge is 0.338 e. The molecule has 0 amide bonds. The molecule has 154 valence electrons. The summed E-state index contributed by atoms with van der Waals surface area (Å²) in [5.41, 5.74) is 3.42. The topological polar surface area (TPSA) is 69.6 Å². The average Bonchev–Trinajstić information content (AvgIpc) is 3.54. The van der Waals surface area contributed by atoms with Crippen molar-refractivity contribution in [3.8, 4) is 16.4 Å². The van der Waals surface area contributed by atoms with Crippen molar-refractivity contribution in [1.29, 1.82) is 0 Å². The number of hydrogen-bond donors (Lipinski definition) is 0. The summed E-state index contributed by atoms with van der Waals surface area (Å²) < 4.78 is 7.56. The van der Waals surface area contributed by atoms with Crippen LogP contribution >= 0.6 is 23.1 Å². The minimum absolute atomic E-state index is 0.521. The second-order valence-corrected chi connectivity index (χ2v) is 8.90. The first-order valence-electron chi connectivity index (χ1n) is 9.81. The summed E-state index contributed by atoms with van der Waals surface area (Å²) in [7, 11) is 0.